The van der Waals surface area contributed by atoms with Gasteiger partial charge in [0.2, 0.25) is 0 Å². The van der Waals surface area contributed by atoms with Crippen LogP contribution in [0, 0.1) is 0 Å². The van der Waals surface area contributed by atoms with Crippen LogP contribution in [0.4, 0.5) is 5.69 Å². The monoisotopic (exact) mass is 267 g/mol. The molecule has 6 nitrogen and oxygen atoms in total. The fourth-order valence-corrected chi connectivity index (χ4v) is 1.59. The number of aromatic nitrogens is 2. The zero-order chi connectivity index (χ0) is 13.1. The number of halogens is 1. The van der Waals surface area contributed by atoms with E-state index in [1.807, 2.05) is 0 Å². The molecule has 0 fully saturated rings. The van der Waals surface area contributed by atoms with E-state index in [1.54, 1.807) is 25.1 Å². The second-order valence-electron chi connectivity index (χ2n) is 3.38. The van der Waals surface area contributed by atoms with Crippen molar-refractivity contribution in [3.05, 3.63) is 29.0 Å². The first-order chi connectivity index (χ1) is 8.61. The fourth-order valence-electron chi connectivity index (χ4n) is 1.32. The molecule has 94 valence electrons. The maximum atomic E-state index is 11.4. The molecule has 7 heteroatoms. The molecule has 0 radical (unpaired) electrons. The molecule has 0 unspecified atom stereocenters. The minimum Gasteiger partial charge on any atom is -0.460 e. The number of esters is 1. The van der Waals surface area contributed by atoms with Gasteiger partial charge in [0, 0.05) is 5.69 Å². The molecule has 0 amide bonds. The first-order valence-corrected chi connectivity index (χ1v) is 5.56. The van der Waals surface area contributed by atoms with Gasteiger partial charge >= 0.3 is 5.97 Å². The van der Waals surface area contributed by atoms with Crippen molar-refractivity contribution in [2.45, 2.75) is 6.92 Å². The quantitative estimate of drug-likeness (QED) is 0.677. The molecule has 2 rings (SSSR count). The summed E-state index contributed by atoms with van der Waals surface area (Å²) in [5, 5.41) is 3.89. The van der Waals surface area contributed by atoms with Crippen LogP contribution in [0.15, 0.2) is 22.7 Å². The zero-order valence-electron chi connectivity index (χ0n) is 9.51. The van der Waals surface area contributed by atoms with E-state index in [0.717, 1.165) is 0 Å². The molecule has 1 aromatic carbocycles. The lowest BCUT2D eigenvalue weighted by atomic mass is 10.2. The van der Waals surface area contributed by atoms with Gasteiger partial charge in [-0.05, 0) is 30.3 Å². The third-order valence-electron chi connectivity index (χ3n) is 2.11. The van der Waals surface area contributed by atoms with Gasteiger partial charge in [0.15, 0.2) is 0 Å². The summed E-state index contributed by atoms with van der Waals surface area (Å²) < 4.78 is 9.70. The van der Waals surface area contributed by atoms with Crippen LogP contribution in [0.1, 0.15) is 17.5 Å². The van der Waals surface area contributed by atoms with Crippen LogP contribution in [-0.4, -0.2) is 22.7 Å². The van der Waals surface area contributed by atoms with Gasteiger partial charge in [0.25, 0.3) is 11.7 Å². The number of nitrogen functional groups attached to an aromatic ring is 1. The Labute approximate surface area is 108 Å². The van der Waals surface area contributed by atoms with E-state index in [2.05, 4.69) is 10.1 Å². The Bertz CT molecular complexity index is 583. The smallest absolute Gasteiger partial charge is 0.379 e. The van der Waals surface area contributed by atoms with Crippen molar-refractivity contribution in [3.8, 4) is 11.5 Å². The maximum absolute atomic E-state index is 11.4. The number of hydrogen-bond donors (Lipinski definition) is 1. The van der Waals surface area contributed by atoms with Crippen LogP contribution >= 0.6 is 11.6 Å². The number of anilines is 1. The minimum atomic E-state index is -0.640. The predicted octanol–water partition coefficient (Wildman–Crippen LogP) is 2.15. The number of nitrogens with zero attached hydrogens (tertiary/aromatic N) is 2. The van der Waals surface area contributed by atoms with Gasteiger partial charge in [-0.1, -0.05) is 11.6 Å². The molecule has 0 aliphatic carbocycles. The number of carbonyl (C=O) groups excluding carboxylic acids is 1. The van der Waals surface area contributed by atoms with Crippen LogP contribution in [-0.2, 0) is 4.74 Å². The molecule has 0 spiro atoms. The SMILES string of the molecule is CCOC(=O)c1noc(-c2ccc(N)cc2Cl)n1. The number of rotatable bonds is 3. The highest BCUT2D eigenvalue weighted by Gasteiger charge is 2.18. The number of hydrogen-bond acceptors (Lipinski definition) is 6. The molecule has 18 heavy (non-hydrogen) atoms. The summed E-state index contributed by atoms with van der Waals surface area (Å²) in [5.41, 5.74) is 6.60. The van der Waals surface area contributed by atoms with Gasteiger partial charge in [-0.2, -0.15) is 4.98 Å². The van der Waals surface area contributed by atoms with Crippen molar-refractivity contribution < 1.29 is 14.1 Å². The van der Waals surface area contributed by atoms with Crippen molar-refractivity contribution in [2.75, 3.05) is 12.3 Å². The van der Waals surface area contributed by atoms with Crippen molar-refractivity contribution in [1.82, 2.24) is 10.1 Å². The summed E-state index contributed by atoms with van der Waals surface area (Å²) in [4.78, 5) is 15.3. The summed E-state index contributed by atoms with van der Waals surface area (Å²) >= 11 is 5.99. The Hall–Kier alpha value is -2.08. The summed E-state index contributed by atoms with van der Waals surface area (Å²) in [6.07, 6.45) is 0. The van der Waals surface area contributed by atoms with Gasteiger partial charge in [-0.3, -0.25) is 0 Å². The lowest BCUT2D eigenvalue weighted by Gasteiger charge is -1.99. The van der Waals surface area contributed by atoms with Crippen molar-refractivity contribution in [1.29, 1.82) is 0 Å². The number of ether oxygens (including phenoxy) is 1. The molecule has 0 bridgehead atoms. The molecule has 2 N–H and O–H groups in total. The molecule has 0 saturated heterocycles. The van der Waals surface area contributed by atoms with Crippen LogP contribution in [0.25, 0.3) is 11.5 Å². The number of carbonyl (C=O) groups is 1. The number of benzene rings is 1. The second-order valence-corrected chi connectivity index (χ2v) is 3.79. The van der Waals surface area contributed by atoms with E-state index in [1.165, 1.54) is 0 Å². The van der Waals surface area contributed by atoms with E-state index in [-0.39, 0.29) is 18.3 Å². The molecule has 1 heterocycles. The Kier molecular flexibility index (Phi) is 3.47. The van der Waals surface area contributed by atoms with E-state index >= 15 is 0 Å². The third kappa shape index (κ3) is 2.43. The Morgan fingerprint density at radius 2 is 2.33 bits per heavy atom. The highest BCUT2D eigenvalue weighted by Crippen LogP contribution is 2.28. The first kappa shape index (κ1) is 12.4. The van der Waals surface area contributed by atoms with E-state index in [9.17, 15) is 4.79 Å². The van der Waals surface area contributed by atoms with Gasteiger partial charge in [-0.15, -0.1) is 0 Å². The van der Waals surface area contributed by atoms with Crippen LogP contribution in [0.3, 0.4) is 0 Å². The molecule has 1 aromatic heterocycles. The van der Waals surface area contributed by atoms with Gasteiger partial charge in [-0.25, -0.2) is 4.79 Å². The van der Waals surface area contributed by atoms with Crippen LogP contribution < -0.4 is 5.73 Å². The summed E-state index contributed by atoms with van der Waals surface area (Å²) in [6, 6.07) is 4.85. The topological polar surface area (TPSA) is 91.2 Å². The average Bonchev–Trinajstić information content (AvgIpc) is 2.78. The third-order valence-corrected chi connectivity index (χ3v) is 2.42. The normalized spacial score (nSPS) is 10.3. The lowest BCUT2D eigenvalue weighted by molar-refractivity contribution is 0.0508. The molecule has 0 atom stereocenters. The summed E-state index contributed by atoms with van der Waals surface area (Å²) in [7, 11) is 0. The molecule has 0 aliphatic heterocycles. The predicted molar refractivity (Wildman–Crippen MR) is 65.1 cm³/mol. The Morgan fingerprint density at radius 1 is 1.56 bits per heavy atom. The van der Waals surface area contributed by atoms with Gasteiger partial charge in [0.05, 0.1) is 17.2 Å². The minimum absolute atomic E-state index is 0.139. The second kappa shape index (κ2) is 5.05. The standard InChI is InChI=1S/C11H10ClN3O3/c1-2-17-11(16)9-14-10(18-15-9)7-4-3-6(13)5-8(7)12/h3-5H,2,13H2,1H3. The molecule has 2 aromatic rings. The molecule has 0 aliphatic rings. The van der Waals surface area contributed by atoms with E-state index < -0.39 is 5.97 Å². The van der Waals surface area contributed by atoms with Crippen LogP contribution in [0.5, 0.6) is 0 Å². The van der Waals surface area contributed by atoms with Gasteiger partial charge < -0.3 is 15.0 Å². The molecule has 0 saturated carbocycles. The van der Waals surface area contributed by atoms with Gasteiger partial charge in [0.1, 0.15) is 0 Å². The highest BCUT2D eigenvalue weighted by atomic mass is 35.5. The van der Waals surface area contributed by atoms with Crippen molar-refractivity contribution >= 4 is 23.3 Å². The largest absolute Gasteiger partial charge is 0.460 e. The maximum Gasteiger partial charge on any atom is 0.379 e. The molecular formula is C11H10ClN3O3. The first-order valence-electron chi connectivity index (χ1n) is 5.18. The Balaban J connectivity index is 2.32. The van der Waals surface area contributed by atoms with Crippen LogP contribution in [0.2, 0.25) is 5.02 Å². The number of nitrogens with two attached hydrogens (primary N) is 1. The fraction of sp³-hybridized carbons (Fsp3) is 0.182. The van der Waals surface area contributed by atoms with Crippen molar-refractivity contribution in [2.24, 2.45) is 0 Å². The summed E-state index contributed by atoms with van der Waals surface area (Å²) in [6.45, 7) is 1.93. The highest BCUT2D eigenvalue weighted by molar-refractivity contribution is 6.33. The lowest BCUT2D eigenvalue weighted by Crippen LogP contribution is -2.06. The zero-order valence-corrected chi connectivity index (χ0v) is 10.3. The van der Waals surface area contributed by atoms with E-state index in [4.69, 9.17) is 26.6 Å². The molecular weight excluding hydrogens is 258 g/mol. The van der Waals surface area contributed by atoms with E-state index in [0.29, 0.717) is 16.3 Å². The Morgan fingerprint density at radius 3 is 3.00 bits per heavy atom. The average molecular weight is 268 g/mol. The summed E-state index contributed by atoms with van der Waals surface area (Å²) in [5.74, 6) is -0.637. The van der Waals surface area contributed by atoms with Crippen molar-refractivity contribution in [3.63, 3.8) is 0 Å².